The van der Waals surface area contributed by atoms with Crippen molar-refractivity contribution in [3.63, 3.8) is 0 Å². The number of hydrogen-bond acceptors (Lipinski definition) is 7. The maximum atomic E-state index is 12.6. The Morgan fingerprint density at radius 2 is 2.19 bits per heavy atom. The fraction of sp³-hybridized carbons (Fsp3) is 0.562. The van der Waals surface area contributed by atoms with E-state index in [0.717, 1.165) is 16.9 Å². The van der Waals surface area contributed by atoms with E-state index in [-0.39, 0.29) is 16.1 Å². The number of nitrogens with zero attached hydrogens (tertiary/aromatic N) is 3. The van der Waals surface area contributed by atoms with E-state index in [1.54, 1.807) is 11.0 Å². The Morgan fingerprint density at radius 1 is 1.42 bits per heavy atom. The summed E-state index contributed by atoms with van der Waals surface area (Å²) in [5.74, 6) is 0.900. The van der Waals surface area contributed by atoms with Gasteiger partial charge in [-0.3, -0.25) is 4.79 Å². The molecular formula is C16H22N4O4S2. The predicted molar refractivity (Wildman–Crippen MR) is 97.4 cm³/mol. The molecule has 0 saturated heterocycles. The summed E-state index contributed by atoms with van der Waals surface area (Å²) in [6, 6.07) is 1.49. The van der Waals surface area contributed by atoms with Gasteiger partial charge in [-0.05, 0) is 30.4 Å². The molecule has 8 nitrogen and oxygen atoms in total. The lowest BCUT2D eigenvalue weighted by Crippen LogP contribution is -2.33. The van der Waals surface area contributed by atoms with Crippen LogP contribution < -0.4 is 4.72 Å². The third-order valence-electron chi connectivity index (χ3n) is 4.18. The standard InChI is InChI=1S/C16H22N4O4S2/c1-10(2)4-5-14-17-18-16(24-14)19-26(22,23)15-8-12-9-20(11(3)21)7-6-13(12)25-15/h8,10H,4-7,9H2,1-3H3,(H,18,19). The molecule has 3 heterocycles. The highest BCUT2D eigenvalue weighted by atomic mass is 32.2. The number of carbonyl (C=O) groups excluding carboxylic acids is 1. The number of hydrogen-bond donors (Lipinski definition) is 1. The van der Waals surface area contributed by atoms with E-state index in [4.69, 9.17) is 4.42 Å². The van der Waals surface area contributed by atoms with Gasteiger partial charge < -0.3 is 9.32 Å². The second-order valence-corrected chi connectivity index (χ2v) is 9.79. The molecule has 0 atom stereocenters. The molecule has 2 aromatic heterocycles. The molecule has 0 spiro atoms. The van der Waals surface area contributed by atoms with Crippen LogP contribution in [0.1, 0.15) is 43.5 Å². The van der Waals surface area contributed by atoms with Crippen LogP contribution in [0.3, 0.4) is 0 Å². The van der Waals surface area contributed by atoms with Crippen molar-refractivity contribution in [2.24, 2.45) is 5.92 Å². The number of amides is 1. The largest absolute Gasteiger partial charge is 0.407 e. The van der Waals surface area contributed by atoms with Crippen LogP contribution in [0.5, 0.6) is 0 Å². The first-order valence-electron chi connectivity index (χ1n) is 8.47. The van der Waals surface area contributed by atoms with Gasteiger partial charge >= 0.3 is 6.01 Å². The van der Waals surface area contributed by atoms with Gasteiger partial charge in [0.1, 0.15) is 4.21 Å². The first-order chi connectivity index (χ1) is 12.2. The van der Waals surface area contributed by atoms with Gasteiger partial charge in [0.2, 0.25) is 11.8 Å². The Kier molecular flexibility index (Phi) is 5.33. The van der Waals surface area contributed by atoms with Crippen LogP contribution in [0.15, 0.2) is 14.7 Å². The molecule has 0 aliphatic carbocycles. The van der Waals surface area contributed by atoms with Crippen LogP contribution >= 0.6 is 11.3 Å². The Bertz CT molecular complexity index is 901. The minimum absolute atomic E-state index is 0.0100. The van der Waals surface area contributed by atoms with Gasteiger partial charge in [0.25, 0.3) is 10.0 Å². The Labute approximate surface area is 156 Å². The molecule has 0 radical (unpaired) electrons. The van der Waals surface area contributed by atoms with Crippen molar-refractivity contribution >= 4 is 33.3 Å². The highest BCUT2D eigenvalue weighted by Gasteiger charge is 2.26. The normalized spacial score (nSPS) is 14.5. The summed E-state index contributed by atoms with van der Waals surface area (Å²) in [6.07, 6.45) is 2.16. The highest BCUT2D eigenvalue weighted by Crippen LogP contribution is 2.32. The molecule has 2 aromatic rings. The second kappa shape index (κ2) is 7.36. The molecule has 0 unspecified atom stereocenters. The van der Waals surface area contributed by atoms with Crippen molar-refractivity contribution in [1.82, 2.24) is 15.1 Å². The fourth-order valence-corrected chi connectivity index (χ4v) is 5.15. The molecule has 0 bridgehead atoms. The molecule has 10 heteroatoms. The van der Waals surface area contributed by atoms with Gasteiger partial charge in [0.15, 0.2) is 0 Å². The number of aryl methyl sites for hydroxylation is 1. The number of thiophene rings is 1. The lowest BCUT2D eigenvalue weighted by Gasteiger charge is -2.25. The highest BCUT2D eigenvalue weighted by molar-refractivity contribution is 7.94. The Hall–Kier alpha value is -1.94. The number of fused-ring (bicyclic) bond motifs is 1. The average molecular weight is 399 g/mol. The van der Waals surface area contributed by atoms with Crippen LogP contribution in [0, 0.1) is 5.92 Å². The number of aromatic nitrogens is 2. The number of rotatable bonds is 6. The predicted octanol–water partition coefficient (Wildman–Crippen LogP) is 2.43. The summed E-state index contributed by atoms with van der Waals surface area (Å²) >= 11 is 1.22. The van der Waals surface area contributed by atoms with Crippen LogP contribution in [0.4, 0.5) is 6.01 Å². The van der Waals surface area contributed by atoms with E-state index >= 15 is 0 Å². The van der Waals surface area contributed by atoms with Crippen molar-refractivity contribution in [3.05, 3.63) is 22.4 Å². The lowest BCUT2D eigenvalue weighted by molar-refractivity contribution is -0.129. The summed E-state index contributed by atoms with van der Waals surface area (Å²) in [7, 11) is -3.79. The molecular weight excluding hydrogens is 376 g/mol. The van der Waals surface area contributed by atoms with Gasteiger partial charge in [0, 0.05) is 31.3 Å². The summed E-state index contributed by atoms with van der Waals surface area (Å²) in [5.41, 5.74) is 0.875. The van der Waals surface area contributed by atoms with E-state index in [9.17, 15) is 13.2 Å². The summed E-state index contributed by atoms with van der Waals surface area (Å²) in [6.45, 7) is 6.75. The topological polar surface area (TPSA) is 105 Å². The summed E-state index contributed by atoms with van der Waals surface area (Å²) < 4.78 is 33.1. The third-order valence-corrected chi connectivity index (χ3v) is 7.21. The molecule has 0 fully saturated rings. The number of anilines is 1. The molecule has 1 N–H and O–H groups in total. The van der Waals surface area contributed by atoms with E-state index < -0.39 is 10.0 Å². The maximum absolute atomic E-state index is 12.6. The Morgan fingerprint density at radius 3 is 2.88 bits per heavy atom. The zero-order valence-corrected chi connectivity index (χ0v) is 16.6. The summed E-state index contributed by atoms with van der Waals surface area (Å²) in [5, 5.41) is 7.64. The van der Waals surface area contributed by atoms with E-state index in [1.165, 1.54) is 18.3 Å². The van der Waals surface area contributed by atoms with E-state index in [1.807, 2.05) is 0 Å². The molecule has 0 saturated carbocycles. The SMILES string of the molecule is CC(=O)N1CCc2sc(S(=O)(=O)Nc3nnc(CCC(C)C)o3)cc2C1. The molecule has 0 aromatic carbocycles. The number of sulfonamides is 1. The van der Waals surface area contributed by atoms with E-state index in [0.29, 0.717) is 37.7 Å². The first kappa shape index (κ1) is 18.8. The van der Waals surface area contributed by atoms with Crippen LogP contribution in [-0.4, -0.2) is 36.0 Å². The van der Waals surface area contributed by atoms with E-state index in [2.05, 4.69) is 28.8 Å². The van der Waals surface area contributed by atoms with Crippen LogP contribution in [-0.2, 0) is 34.2 Å². The van der Waals surface area contributed by atoms with Gasteiger partial charge in [-0.1, -0.05) is 18.9 Å². The minimum Gasteiger partial charge on any atom is -0.407 e. The van der Waals surface area contributed by atoms with Gasteiger partial charge in [-0.2, -0.15) is 0 Å². The van der Waals surface area contributed by atoms with Crippen molar-refractivity contribution < 1.29 is 17.6 Å². The first-order valence-corrected chi connectivity index (χ1v) is 10.8. The third kappa shape index (κ3) is 4.24. The molecule has 142 valence electrons. The van der Waals surface area contributed by atoms with Crippen molar-refractivity contribution in [2.45, 2.75) is 50.8 Å². The average Bonchev–Trinajstić information content (AvgIpc) is 3.18. The van der Waals surface area contributed by atoms with Gasteiger partial charge in [-0.25, -0.2) is 13.1 Å². The number of nitrogens with one attached hydrogen (secondary N) is 1. The quantitative estimate of drug-likeness (QED) is 0.801. The smallest absolute Gasteiger partial charge is 0.329 e. The fourth-order valence-electron chi connectivity index (χ4n) is 2.68. The molecule has 26 heavy (non-hydrogen) atoms. The lowest BCUT2D eigenvalue weighted by atomic mass is 10.1. The van der Waals surface area contributed by atoms with Crippen LogP contribution in [0.2, 0.25) is 0 Å². The molecule has 1 aliphatic rings. The monoisotopic (exact) mass is 398 g/mol. The minimum atomic E-state index is -3.79. The van der Waals surface area contributed by atoms with Gasteiger partial charge in [0.05, 0.1) is 0 Å². The zero-order valence-electron chi connectivity index (χ0n) is 15.0. The maximum Gasteiger partial charge on any atom is 0.329 e. The second-order valence-electron chi connectivity index (χ2n) is 6.74. The molecule has 1 aliphatic heterocycles. The van der Waals surface area contributed by atoms with Crippen LogP contribution in [0.25, 0.3) is 0 Å². The summed E-state index contributed by atoms with van der Waals surface area (Å²) in [4.78, 5) is 14.2. The Balaban J connectivity index is 1.72. The molecule has 3 rings (SSSR count). The van der Waals surface area contributed by atoms with Gasteiger partial charge in [-0.15, -0.1) is 16.4 Å². The molecule has 1 amide bonds. The van der Waals surface area contributed by atoms with Crippen molar-refractivity contribution in [2.75, 3.05) is 11.3 Å². The van der Waals surface area contributed by atoms with Crippen molar-refractivity contribution in [1.29, 1.82) is 0 Å². The number of carbonyl (C=O) groups is 1. The zero-order chi connectivity index (χ0) is 18.9. The van der Waals surface area contributed by atoms with Crippen molar-refractivity contribution in [3.8, 4) is 0 Å².